The van der Waals surface area contributed by atoms with Crippen molar-refractivity contribution in [3.63, 3.8) is 0 Å². The molecule has 9 heteroatoms. The number of hydrogen-bond donors (Lipinski definition) is 2. The van der Waals surface area contributed by atoms with Gasteiger partial charge in [-0.25, -0.2) is 4.79 Å². The number of benzene rings is 3. The van der Waals surface area contributed by atoms with Crippen LogP contribution in [0, 0.1) is 0 Å². The monoisotopic (exact) mass is 419 g/mol. The quantitative estimate of drug-likeness (QED) is 0.119. The van der Waals surface area contributed by atoms with Crippen molar-refractivity contribution in [3.05, 3.63) is 78.1 Å². The molecule has 0 fully saturated rings. The van der Waals surface area contributed by atoms with E-state index >= 15 is 0 Å². The fraction of sp³-hybridized carbons (Fsp3) is 0.136. The van der Waals surface area contributed by atoms with Crippen molar-refractivity contribution in [1.29, 1.82) is 0 Å². The number of nitrogen functional groups attached to an aromatic ring is 2. The van der Waals surface area contributed by atoms with Crippen LogP contribution in [-0.4, -0.2) is 17.1 Å². The Morgan fingerprint density at radius 2 is 1.39 bits per heavy atom. The van der Waals surface area contributed by atoms with Crippen LogP contribution in [0.2, 0.25) is 0 Å². The lowest BCUT2D eigenvalue weighted by Crippen LogP contribution is -2.26. The number of carbonyl (C=O) groups is 1. The Bertz CT molecular complexity index is 1520. The molecule has 4 N–H and O–H groups in total. The number of nitrogens with two attached hydrogens (primary N) is 2. The predicted molar refractivity (Wildman–Crippen MR) is 119 cm³/mol. The molecule has 4 aromatic rings. The van der Waals surface area contributed by atoms with Crippen LogP contribution in [0.3, 0.4) is 0 Å². The summed E-state index contributed by atoms with van der Waals surface area (Å²) in [5.74, 6) is -0.625. The summed E-state index contributed by atoms with van der Waals surface area (Å²) in [6.07, 6.45) is 1.17. The number of esters is 1. The van der Waals surface area contributed by atoms with Gasteiger partial charge < -0.3 is 16.2 Å². The molecule has 4 rings (SSSR count). The fourth-order valence-electron chi connectivity index (χ4n) is 3.87. The molecule has 31 heavy (non-hydrogen) atoms. The van der Waals surface area contributed by atoms with Crippen molar-refractivity contribution in [3.8, 4) is 0 Å². The lowest BCUT2D eigenvalue weighted by molar-refractivity contribution is -0.137. The van der Waals surface area contributed by atoms with Gasteiger partial charge in [0.05, 0.1) is 39.5 Å². The molecule has 0 bridgehead atoms. The molecule has 0 aliphatic heterocycles. The van der Waals surface area contributed by atoms with E-state index in [2.05, 4.69) is 6.58 Å². The van der Waals surface area contributed by atoms with Crippen LogP contribution in [0.4, 0.5) is 11.4 Å². The highest BCUT2D eigenvalue weighted by Crippen LogP contribution is 2.31. The van der Waals surface area contributed by atoms with Crippen molar-refractivity contribution in [2.75, 3.05) is 18.1 Å². The maximum atomic E-state index is 13.0. The van der Waals surface area contributed by atoms with E-state index in [4.69, 9.17) is 16.2 Å². The molecule has 156 valence electrons. The van der Waals surface area contributed by atoms with E-state index in [0.717, 1.165) is 10.6 Å². The van der Waals surface area contributed by atoms with Gasteiger partial charge in [0.15, 0.2) is 10.9 Å². The normalized spacial score (nSPS) is 11.4. The van der Waals surface area contributed by atoms with Gasteiger partial charge >= 0.3 is 5.97 Å². The van der Waals surface area contributed by atoms with Crippen molar-refractivity contribution in [2.45, 2.75) is 13.0 Å². The second-order valence-corrected chi connectivity index (χ2v) is 7.02. The number of ether oxygens (including phenoxy) is 1. The summed E-state index contributed by atoms with van der Waals surface area (Å²) in [6, 6.07) is 6.20. The molecule has 0 atom stereocenters. The van der Waals surface area contributed by atoms with Gasteiger partial charge in [-0.2, -0.15) is 0 Å². The molecule has 0 aliphatic rings. The van der Waals surface area contributed by atoms with E-state index in [1.807, 2.05) is 0 Å². The second-order valence-electron chi connectivity index (χ2n) is 7.02. The van der Waals surface area contributed by atoms with Gasteiger partial charge in [0.25, 0.3) is 11.1 Å². The maximum Gasteiger partial charge on any atom is 0.330 e. The first-order chi connectivity index (χ1) is 14.8. The maximum absolute atomic E-state index is 13.0. The van der Waals surface area contributed by atoms with Crippen LogP contribution in [0.15, 0.2) is 56.1 Å². The summed E-state index contributed by atoms with van der Waals surface area (Å²) in [6.45, 7) is 3.17. The zero-order chi connectivity index (χ0) is 22.4. The SMILES string of the molecule is C=CC(=O)OCCCn1c(=O)c2c(N)c3c(=O)c4ccccc4c(=O)c3c(N)c2c1=O. The minimum absolute atomic E-state index is 0.0357. The molecule has 0 amide bonds. The summed E-state index contributed by atoms with van der Waals surface area (Å²) >= 11 is 0. The van der Waals surface area contributed by atoms with Crippen molar-refractivity contribution >= 4 is 49.7 Å². The van der Waals surface area contributed by atoms with Gasteiger partial charge in [-0.15, -0.1) is 0 Å². The van der Waals surface area contributed by atoms with Crippen LogP contribution in [0.5, 0.6) is 0 Å². The highest BCUT2D eigenvalue weighted by atomic mass is 16.5. The number of aromatic nitrogens is 1. The second kappa shape index (κ2) is 7.21. The van der Waals surface area contributed by atoms with Crippen LogP contribution < -0.4 is 33.4 Å². The third kappa shape index (κ3) is 2.82. The third-order valence-electron chi connectivity index (χ3n) is 5.30. The molecule has 1 aromatic heterocycles. The Hall–Kier alpha value is -4.27. The van der Waals surface area contributed by atoms with Crippen LogP contribution in [-0.2, 0) is 16.1 Å². The van der Waals surface area contributed by atoms with E-state index < -0.39 is 27.9 Å². The minimum atomic E-state index is -0.721. The highest BCUT2D eigenvalue weighted by molar-refractivity contribution is 6.20. The molecule has 0 saturated heterocycles. The van der Waals surface area contributed by atoms with Gasteiger partial charge in [-0.1, -0.05) is 30.8 Å². The van der Waals surface area contributed by atoms with E-state index in [1.54, 1.807) is 12.1 Å². The number of rotatable bonds is 5. The molecule has 0 unspecified atom stereocenters. The lowest BCUT2D eigenvalue weighted by atomic mass is 9.97. The first-order valence-electron chi connectivity index (χ1n) is 9.38. The van der Waals surface area contributed by atoms with Crippen LogP contribution in [0.1, 0.15) is 6.42 Å². The predicted octanol–water partition coefficient (Wildman–Crippen LogP) is 0.548. The molecular formula is C22H17N3O6. The molecule has 0 spiro atoms. The standard InChI is InChI=1S/C22H17N3O6/c1-2-12(26)31-9-5-8-25-21(29)15-16(22(25)30)18(24)14-13(17(15)23)19(27)10-6-3-4-7-11(10)20(14)28/h2-4,6-7H,1,5,8-9,23-24H2. The van der Waals surface area contributed by atoms with Gasteiger partial charge in [0.2, 0.25) is 0 Å². The smallest absolute Gasteiger partial charge is 0.330 e. The summed E-state index contributed by atoms with van der Waals surface area (Å²) in [4.78, 5) is 63.1. The van der Waals surface area contributed by atoms with Crippen LogP contribution >= 0.6 is 0 Å². The molecular weight excluding hydrogens is 402 g/mol. The molecule has 0 saturated carbocycles. The minimum Gasteiger partial charge on any atom is -0.462 e. The summed E-state index contributed by atoms with van der Waals surface area (Å²) in [7, 11) is 0. The topological polar surface area (TPSA) is 152 Å². The first-order valence-corrected chi connectivity index (χ1v) is 9.38. The van der Waals surface area contributed by atoms with Gasteiger partial charge in [0, 0.05) is 23.4 Å². The largest absolute Gasteiger partial charge is 0.462 e. The van der Waals surface area contributed by atoms with E-state index in [9.17, 15) is 24.0 Å². The summed E-state index contributed by atoms with van der Waals surface area (Å²) in [5, 5.41) is -0.395. The van der Waals surface area contributed by atoms with Crippen molar-refractivity contribution in [1.82, 2.24) is 4.57 Å². The summed E-state index contributed by atoms with van der Waals surface area (Å²) in [5.41, 5.74) is 9.30. The van der Waals surface area contributed by atoms with Gasteiger partial charge in [-0.05, 0) is 6.42 Å². The first kappa shape index (κ1) is 20.0. The average Bonchev–Trinajstić information content (AvgIpc) is 3.02. The molecule has 0 aliphatic carbocycles. The Labute approximate surface area is 173 Å². The molecule has 9 nitrogen and oxygen atoms in total. The van der Waals surface area contributed by atoms with Crippen molar-refractivity contribution in [2.24, 2.45) is 0 Å². The number of nitrogens with zero attached hydrogens (tertiary/aromatic N) is 1. The fourth-order valence-corrected chi connectivity index (χ4v) is 3.87. The van der Waals surface area contributed by atoms with Gasteiger partial charge in [-0.3, -0.25) is 23.7 Å². The molecule has 0 radical (unpaired) electrons. The third-order valence-corrected chi connectivity index (χ3v) is 5.30. The van der Waals surface area contributed by atoms with Crippen LogP contribution in [0.25, 0.3) is 32.3 Å². The lowest BCUT2D eigenvalue weighted by Gasteiger charge is -2.07. The Morgan fingerprint density at radius 3 is 1.84 bits per heavy atom. The zero-order valence-corrected chi connectivity index (χ0v) is 16.3. The molecule has 3 aromatic carbocycles. The molecule has 1 heterocycles. The number of anilines is 2. The van der Waals surface area contributed by atoms with E-state index in [0.29, 0.717) is 0 Å². The Kier molecular flexibility index (Phi) is 4.65. The van der Waals surface area contributed by atoms with Gasteiger partial charge in [0.1, 0.15) is 0 Å². The van der Waals surface area contributed by atoms with Crippen molar-refractivity contribution < 1.29 is 9.53 Å². The Morgan fingerprint density at radius 1 is 0.903 bits per heavy atom. The Balaban J connectivity index is 2.01. The van der Waals surface area contributed by atoms with E-state index in [-0.39, 0.29) is 63.3 Å². The average molecular weight is 419 g/mol. The zero-order valence-electron chi connectivity index (χ0n) is 16.3. The number of carbonyl (C=O) groups excluding carboxylic acids is 1. The van der Waals surface area contributed by atoms with E-state index in [1.165, 1.54) is 12.1 Å². The number of hydrogen-bond acceptors (Lipinski definition) is 8. The highest BCUT2D eigenvalue weighted by Gasteiger charge is 2.25. The number of fused-ring (bicyclic) bond motifs is 3. The summed E-state index contributed by atoms with van der Waals surface area (Å²) < 4.78 is 5.76.